The minimum Gasteiger partial charge on any atom is -0.497 e. The number of methoxy groups -OCH3 is 1. The van der Waals surface area contributed by atoms with Gasteiger partial charge < -0.3 is 15.1 Å². The average Bonchev–Trinajstić information content (AvgIpc) is 3.19. The molecule has 0 bridgehead atoms. The second-order valence-corrected chi connectivity index (χ2v) is 6.37. The van der Waals surface area contributed by atoms with Crippen LogP contribution in [0.5, 0.6) is 5.75 Å². The third kappa shape index (κ3) is 6.09. The number of aryl methyl sites for hydroxylation is 1. The first-order valence-electron chi connectivity index (χ1n) is 9.12. The van der Waals surface area contributed by atoms with Gasteiger partial charge in [0.05, 0.1) is 19.0 Å². The fourth-order valence-corrected chi connectivity index (χ4v) is 2.59. The maximum absolute atomic E-state index is 7.33. The Morgan fingerprint density at radius 3 is 2.54 bits per heavy atom. The van der Waals surface area contributed by atoms with Gasteiger partial charge in [-0.25, -0.2) is 4.98 Å². The second-order valence-electron chi connectivity index (χ2n) is 6.37. The lowest BCUT2D eigenvalue weighted by molar-refractivity contribution is 0.414. The van der Waals surface area contributed by atoms with E-state index in [1.807, 2.05) is 24.3 Å². The molecule has 2 N–H and O–H groups in total. The molecule has 0 unspecified atom stereocenters. The summed E-state index contributed by atoms with van der Waals surface area (Å²) in [5.74, 6) is 1.62. The molecule has 4 heteroatoms. The summed E-state index contributed by atoms with van der Waals surface area (Å²) in [5, 5.41) is 7.33. The average molecular weight is 374 g/mol. The van der Waals surface area contributed by atoms with Crippen molar-refractivity contribution in [2.75, 3.05) is 7.11 Å². The van der Waals surface area contributed by atoms with Crippen LogP contribution in [-0.4, -0.2) is 23.3 Å². The van der Waals surface area contributed by atoms with Gasteiger partial charge in [-0.15, -0.1) is 0 Å². The number of rotatable bonds is 10. The molecular weight excluding hydrogens is 346 g/mol. The fourth-order valence-electron chi connectivity index (χ4n) is 2.59. The van der Waals surface area contributed by atoms with E-state index in [4.69, 9.17) is 10.1 Å². The first kappa shape index (κ1) is 20.9. The first-order valence-corrected chi connectivity index (χ1v) is 9.12. The van der Waals surface area contributed by atoms with E-state index in [-0.39, 0.29) is 0 Å². The van der Waals surface area contributed by atoms with Crippen molar-refractivity contribution in [1.29, 1.82) is 5.41 Å². The van der Waals surface area contributed by atoms with Gasteiger partial charge in [-0.3, -0.25) is 0 Å². The summed E-state index contributed by atoms with van der Waals surface area (Å²) in [6, 6.07) is 8.17. The molecule has 28 heavy (non-hydrogen) atoms. The van der Waals surface area contributed by atoms with Crippen LogP contribution >= 0.6 is 0 Å². The van der Waals surface area contributed by atoms with Crippen LogP contribution in [0.4, 0.5) is 0 Å². The van der Waals surface area contributed by atoms with Gasteiger partial charge in [-0.1, -0.05) is 55.2 Å². The minimum absolute atomic E-state index is 0.716. The minimum atomic E-state index is 0.716. The Balaban J connectivity index is 2.05. The van der Waals surface area contributed by atoms with Crippen molar-refractivity contribution in [1.82, 2.24) is 9.97 Å². The Morgan fingerprint density at radius 2 is 1.93 bits per heavy atom. The molecule has 0 radical (unpaired) electrons. The molecule has 0 saturated heterocycles. The highest BCUT2D eigenvalue weighted by Crippen LogP contribution is 2.17. The van der Waals surface area contributed by atoms with E-state index in [1.54, 1.807) is 25.5 Å². The van der Waals surface area contributed by atoms with Crippen LogP contribution in [0, 0.1) is 5.41 Å². The lowest BCUT2D eigenvalue weighted by Gasteiger charge is -2.04. The number of hydrogen-bond acceptors (Lipinski definition) is 3. The standard InChI is InChI=1S/C24H27N3O/c1-5-19(16-25)15-22-17-26-24(27-22)21(6-2)12-8-18(3)7-9-20-10-13-23(28-4)14-11-20/h5-6,8,10-17,25H,1-2,7,9H2,3-4H3,(H,26,27)/b18-8+,19-15+,21-12+,25-16?. The van der Waals surface area contributed by atoms with Crippen LogP contribution < -0.4 is 4.74 Å². The third-order valence-corrected chi connectivity index (χ3v) is 4.33. The van der Waals surface area contributed by atoms with E-state index in [0.717, 1.165) is 35.7 Å². The van der Waals surface area contributed by atoms with Crippen molar-refractivity contribution in [2.45, 2.75) is 19.8 Å². The van der Waals surface area contributed by atoms with Gasteiger partial charge in [0.25, 0.3) is 0 Å². The van der Waals surface area contributed by atoms with Crippen molar-refractivity contribution < 1.29 is 4.74 Å². The van der Waals surface area contributed by atoms with Gasteiger partial charge in [-0.05, 0) is 49.1 Å². The van der Waals surface area contributed by atoms with E-state index in [9.17, 15) is 0 Å². The maximum atomic E-state index is 7.33. The molecular formula is C24H27N3O. The van der Waals surface area contributed by atoms with E-state index in [1.165, 1.54) is 17.4 Å². The van der Waals surface area contributed by atoms with Gasteiger partial charge in [0.15, 0.2) is 0 Å². The molecule has 0 spiro atoms. The number of H-pyrrole nitrogens is 1. The maximum Gasteiger partial charge on any atom is 0.137 e. The van der Waals surface area contributed by atoms with Gasteiger partial charge in [0.2, 0.25) is 0 Å². The molecule has 0 aliphatic heterocycles. The lowest BCUT2D eigenvalue weighted by Crippen LogP contribution is -1.88. The molecule has 0 fully saturated rings. The zero-order valence-electron chi connectivity index (χ0n) is 16.5. The van der Waals surface area contributed by atoms with Crippen LogP contribution in [0.15, 0.2) is 79.1 Å². The van der Waals surface area contributed by atoms with Gasteiger partial charge in [0, 0.05) is 11.8 Å². The van der Waals surface area contributed by atoms with Crippen molar-refractivity contribution in [2.24, 2.45) is 0 Å². The molecule has 4 nitrogen and oxygen atoms in total. The summed E-state index contributed by atoms with van der Waals surface area (Å²) in [7, 11) is 1.68. The zero-order valence-corrected chi connectivity index (χ0v) is 16.5. The Kier molecular flexibility index (Phi) is 7.97. The fraction of sp³-hybridized carbons (Fsp3) is 0.167. The number of benzene rings is 1. The molecule has 2 rings (SSSR count). The molecule has 144 valence electrons. The molecule has 0 aliphatic rings. The number of ether oxygens (including phenoxy) is 1. The predicted molar refractivity (Wildman–Crippen MR) is 119 cm³/mol. The SMILES string of the molecule is C=C/C(C=N)=C\c1cnc(/C(C=C)=C/C=C(\C)CCc2ccc(OC)cc2)[nH]1. The lowest BCUT2D eigenvalue weighted by atomic mass is 10.0. The van der Waals surface area contributed by atoms with E-state index in [0.29, 0.717) is 5.57 Å². The number of imidazole rings is 1. The van der Waals surface area contributed by atoms with Crippen LogP contribution in [0.25, 0.3) is 11.6 Å². The Morgan fingerprint density at radius 1 is 1.18 bits per heavy atom. The summed E-state index contributed by atoms with van der Waals surface area (Å²) in [6.45, 7) is 9.70. The zero-order chi connectivity index (χ0) is 20.4. The van der Waals surface area contributed by atoms with E-state index < -0.39 is 0 Å². The topological polar surface area (TPSA) is 61.8 Å². The number of aromatic amines is 1. The highest BCUT2D eigenvalue weighted by atomic mass is 16.5. The second kappa shape index (κ2) is 10.7. The monoisotopic (exact) mass is 373 g/mol. The van der Waals surface area contributed by atoms with Crippen LogP contribution in [0.2, 0.25) is 0 Å². The summed E-state index contributed by atoms with van der Waals surface area (Å²) >= 11 is 0. The highest BCUT2D eigenvalue weighted by molar-refractivity contribution is 5.86. The normalized spacial score (nSPS) is 12.6. The van der Waals surface area contributed by atoms with Crippen molar-refractivity contribution >= 4 is 17.9 Å². The molecule has 2 aromatic rings. The molecule has 1 aromatic heterocycles. The number of aromatic nitrogens is 2. The number of nitrogens with one attached hydrogen (secondary N) is 2. The number of hydrogen-bond donors (Lipinski definition) is 2. The van der Waals surface area contributed by atoms with Crippen LogP contribution in [-0.2, 0) is 6.42 Å². The first-order chi connectivity index (χ1) is 13.6. The van der Waals surface area contributed by atoms with Crippen molar-refractivity contribution in [3.63, 3.8) is 0 Å². The predicted octanol–water partition coefficient (Wildman–Crippen LogP) is 5.79. The van der Waals surface area contributed by atoms with Crippen LogP contribution in [0.1, 0.15) is 30.4 Å². The summed E-state index contributed by atoms with van der Waals surface area (Å²) < 4.78 is 5.19. The van der Waals surface area contributed by atoms with Crippen molar-refractivity contribution in [3.8, 4) is 5.75 Å². The molecule has 0 atom stereocenters. The van der Waals surface area contributed by atoms with Gasteiger partial charge >= 0.3 is 0 Å². The Labute approximate surface area is 167 Å². The number of allylic oxidation sites excluding steroid dienone is 7. The summed E-state index contributed by atoms with van der Waals surface area (Å²) in [6.07, 6.45) is 14.3. The van der Waals surface area contributed by atoms with Gasteiger partial charge in [0.1, 0.15) is 11.6 Å². The summed E-state index contributed by atoms with van der Waals surface area (Å²) in [4.78, 5) is 7.64. The quantitative estimate of drug-likeness (QED) is 0.409. The van der Waals surface area contributed by atoms with Gasteiger partial charge in [-0.2, -0.15) is 0 Å². The Hall–Kier alpha value is -3.40. The third-order valence-electron chi connectivity index (χ3n) is 4.33. The van der Waals surface area contributed by atoms with E-state index >= 15 is 0 Å². The highest BCUT2D eigenvalue weighted by Gasteiger charge is 2.03. The largest absolute Gasteiger partial charge is 0.497 e. The smallest absolute Gasteiger partial charge is 0.137 e. The summed E-state index contributed by atoms with van der Waals surface area (Å²) in [5.41, 5.74) is 5.01. The Bertz CT molecular complexity index is 902. The van der Waals surface area contributed by atoms with E-state index in [2.05, 4.69) is 48.3 Å². The van der Waals surface area contributed by atoms with Crippen LogP contribution in [0.3, 0.4) is 0 Å². The number of nitrogens with zero attached hydrogens (tertiary/aromatic N) is 1. The molecule has 0 aliphatic carbocycles. The molecule has 0 amide bonds. The molecule has 0 saturated carbocycles. The molecule has 1 heterocycles. The van der Waals surface area contributed by atoms with Crippen molar-refractivity contribution in [3.05, 3.63) is 96.2 Å². The molecule has 1 aromatic carbocycles.